The van der Waals surface area contributed by atoms with Crippen molar-refractivity contribution in [1.82, 2.24) is 0 Å². The summed E-state index contributed by atoms with van der Waals surface area (Å²) in [5.74, 6) is -1.73. The molecule has 0 spiro atoms. The van der Waals surface area contributed by atoms with Crippen LogP contribution in [0.3, 0.4) is 0 Å². The number of benzene rings is 2. The van der Waals surface area contributed by atoms with Gasteiger partial charge in [-0.1, -0.05) is 30.3 Å². The molecule has 2 aromatic rings. The maximum atomic E-state index is 11.2. The summed E-state index contributed by atoms with van der Waals surface area (Å²) in [7, 11) is -4.49. The zero-order valence-electron chi connectivity index (χ0n) is 8.82. The van der Waals surface area contributed by atoms with Gasteiger partial charge in [0.05, 0.1) is 0 Å². The Morgan fingerprint density at radius 3 is 2.41 bits per heavy atom. The first kappa shape index (κ1) is 12.1. The standard InChI is InChI=1S/C11H12NO4P/c12-11(17(14,15)16)10-8-4-2-1-3-7(8)5-6-9(10)13/h1-6,11,13H,12H2,(H2,14,15,16)/t11-/m1/s1. The Balaban J connectivity index is 2.75. The minimum atomic E-state index is -4.49. The predicted octanol–water partition coefficient (Wildman–Crippen LogP) is 1.68. The summed E-state index contributed by atoms with van der Waals surface area (Å²) >= 11 is 0. The fourth-order valence-electron chi connectivity index (χ4n) is 1.76. The number of phenolic OH excluding ortho intramolecular Hbond substituents is 1. The lowest BCUT2D eigenvalue weighted by atomic mass is 10.0. The molecule has 0 unspecified atom stereocenters. The number of phenols is 1. The molecule has 1 atom stereocenters. The van der Waals surface area contributed by atoms with E-state index >= 15 is 0 Å². The molecule has 90 valence electrons. The highest BCUT2D eigenvalue weighted by atomic mass is 31.2. The summed E-state index contributed by atoms with van der Waals surface area (Å²) in [5.41, 5.74) is 5.60. The fourth-order valence-corrected chi connectivity index (χ4v) is 2.37. The molecule has 0 amide bonds. The first-order valence-electron chi connectivity index (χ1n) is 4.92. The highest BCUT2D eigenvalue weighted by Crippen LogP contribution is 2.51. The summed E-state index contributed by atoms with van der Waals surface area (Å²) < 4.78 is 11.2. The molecule has 0 aliphatic rings. The minimum absolute atomic E-state index is 0.0800. The van der Waals surface area contributed by atoms with E-state index in [-0.39, 0.29) is 11.3 Å². The second-order valence-corrected chi connectivity index (χ2v) is 5.49. The van der Waals surface area contributed by atoms with Crippen LogP contribution in [0.5, 0.6) is 5.75 Å². The van der Waals surface area contributed by atoms with Crippen LogP contribution in [0.1, 0.15) is 11.3 Å². The monoisotopic (exact) mass is 253 g/mol. The number of nitrogens with two attached hydrogens (primary N) is 1. The van der Waals surface area contributed by atoms with Crippen molar-refractivity contribution < 1.29 is 19.5 Å². The van der Waals surface area contributed by atoms with Crippen molar-refractivity contribution >= 4 is 18.4 Å². The third kappa shape index (κ3) is 2.18. The second kappa shape index (κ2) is 4.13. The second-order valence-electron chi connectivity index (χ2n) is 3.75. The SMILES string of the molecule is N[C@@H](c1c(O)ccc2ccccc12)P(=O)(O)O. The van der Waals surface area contributed by atoms with Crippen molar-refractivity contribution in [3.05, 3.63) is 42.0 Å². The molecule has 5 nitrogen and oxygen atoms in total. The van der Waals surface area contributed by atoms with Crippen LogP contribution in [0.4, 0.5) is 0 Å². The number of rotatable bonds is 2. The van der Waals surface area contributed by atoms with Gasteiger partial charge in [-0.3, -0.25) is 4.57 Å². The average molecular weight is 253 g/mol. The van der Waals surface area contributed by atoms with Gasteiger partial charge in [0.1, 0.15) is 11.5 Å². The maximum absolute atomic E-state index is 11.2. The molecule has 0 saturated carbocycles. The van der Waals surface area contributed by atoms with Gasteiger partial charge in [-0.2, -0.15) is 0 Å². The van der Waals surface area contributed by atoms with Crippen LogP contribution in [-0.4, -0.2) is 14.9 Å². The predicted molar refractivity (Wildman–Crippen MR) is 64.6 cm³/mol. The molecule has 0 aliphatic heterocycles. The summed E-state index contributed by atoms with van der Waals surface area (Å²) in [5, 5.41) is 11.0. The van der Waals surface area contributed by atoms with Crippen LogP contribution < -0.4 is 5.73 Å². The zero-order valence-corrected chi connectivity index (χ0v) is 9.71. The number of fused-ring (bicyclic) bond motifs is 1. The topological polar surface area (TPSA) is 104 Å². The first-order chi connectivity index (χ1) is 7.91. The van der Waals surface area contributed by atoms with E-state index in [4.69, 9.17) is 15.5 Å². The highest BCUT2D eigenvalue weighted by Gasteiger charge is 2.30. The Hall–Kier alpha value is -1.39. The van der Waals surface area contributed by atoms with Crippen molar-refractivity contribution in [2.24, 2.45) is 5.73 Å². The normalized spacial score (nSPS) is 13.8. The summed E-state index contributed by atoms with van der Waals surface area (Å²) in [6, 6.07) is 10.0. The molecule has 0 radical (unpaired) electrons. The van der Waals surface area contributed by atoms with Gasteiger partial charge in [-0.25, -0.2) is 0 Å². The van der Waals surface area contributed by atoms with E-state index in [9.17, 15) is 9.67 Å². The highest BCUT2D eigenvalue weighted by molar-refractivity contribution is 7.52. The lowest BCUT2D eigenvalue weighted by Crippen LogP contribution is -2.11. The third-order valence-corrected chi connectivity index (χ3v) is 3.59. The summed E-state index contributed by atoms with van der Waals surface area (Å²) in [6.45, 7) is 0. The molecule has 5 N–H and O–H groups in total. The molecule has 2 rings (SSSR count). The molecule has 0 aliphatic carbocycles. The molecule has 0 bridgehead atoms. The van der Waals surface area contributed by atoms with Crippen LogP contribution in [0, 0.1) is 0 Å². The number of aromatic hydroxyl groups is 1. The maximum Gasteiger partial charge on any atom is 0.346 e. The van der Waals surface area contributed by atoms with Crippen molar-refractivity contribution in [1.29, 1.82) is 0 Å². The molecule has 6 heteroatoms. The van der Waals surface area contributed by atoms with Crippen molar-refractivity contribution in [3.63, 3.8) is 0 Å². The van der Waals surface area contributed by atoms with E-state index in [0.29, 0.717) is 5.39 Å². The van der Waals surface area contributed by atoms with Crippen LogP contribution >= 0.6 is 7.60 Å². The average Bonchev–Trinajstić information content (AvgIpc) is 2.27. The van der Waals surface area contributed by atoms with Crippen molar-refractivity contribution in [3.8, 4) is 5.75 Å². The molecule has 0 aromatic heterocycles. The van der Waals surface area contributed by atoms with E-state index in [2.05, 4.69) is 0 Å². The molecule has 0 saturated heterocycles. The van der Waals surface area contributed by atoms with E-state index in [0.717, 1.165) is 5.39 Å². The third-order valence-electron chi connectivity index (χ3n) is 2.61. The Morgan fingerprint density at radius 2 is 1.76 bits per heavy atom. The van der Waals surface area contributed by atoms with Crippen LogP contribution in [-0.2, 0) is 4.57 Å². The minimum Gasteiger partial charge on any atom is -0.508 e. The zero-order chi connectivity index (χ0) is 12.6. The lowest BCUT2D eigenvalue weighted by Gasteiger charge is -2.17. The number of hydrogen-bond acceptors (Lipinski definition) is 3. The van der Waals surface area contributed by atoms with E-state index < -0.39 is 13.4 Å². The Kier molecular flexibility index (Phi) is 2.93. The van der Waals surface area contributed by atoms with Crippen molar-refractivity contribution in [2.45, 2.75) is 5.78 Å². The van der Waals surface area contributed by atoms with E-state index in [1.165, 1.54) is 6.07 Å². The molecule has 2 aromatic carbocycles. The Bertz CT molecular complexity index is 607. The van der Waals surface area contributed by atoms with Gasteiger partial charge >= 0.3 is 7.60 Å². The largest absolute Gasteiger partial charge is 0.508 e. The van der Waals surface area contributed by atoms with Gasteiger partial charge < -0.3 is 20.6 Å². The Morgan fingerprint density at radius 1 is 1.12 bits per heavy atom. The van der Waals surface area contributed by atoms with Crippen LogP contribution in [0.2, 0.25) is 0 Å². The van der Waals surface area contributed by atoms with Gasteiger partial charge in [-0.05, 0) is 16.8 Å². The quantitative estimate of drug-likeness (QED) is 0.609. The van der Waals surface area contributed by atoms with E-state index in [1.54, 1.807) is 30.3 Å². The van der Waals surface area contributed by atoms with Crippen LogP contribution in [0.15, 0.2) is 36.4 Å². The molecular formula is C11H12NO4P. The molecule has 0 heterocycles. The lowest BCUT2D eigenvalue weighted by molar-refractivity contribution is 0.357. The van der Waals surface area contributed by atoms with Gasteiger partial charge in [0.25, 0.3) is 0 Å². The van der Waals surface area contributed by atoms with Gasteiger partial charge in [-0.15, -0.1) is 0 Å². The van der Waals surface area contributed by atoms with Gasteiger partial charge in [0.15, 0.2) is 0 Å². The van der Waals surface area contributed by atoms with Gasteiger partial charge in [0, 0.05) is 5.56 Å². The van der Waals surface area contributed by atoms with Gasteiger partial charge in [0.2, 0.25) is 0 Å². The number of hydrogen-bond donors (Lipinski definition) is 4. The van der Waals surface area contributed by atoms with Crippen LogP contribution in [0.25, 0.3) is 10.8 Å². The smallest absolute Gasteiger partial charge is 0.346 e. The molecule has 17 heavy (non-hydrogen) atoms. The Labute approximate surface area is 97.7 Å². The molecule has 0 fully saturated rings. The summed E-state index contributed by atoms with van der Waals surface area (Å²) in [6.07, 6.45) is 0. The molecular weight excluding hydrogens is 241 g/mol. The summed E-state index contributed by atoms with van der Waals surface area (Å²) in [4.78, 5) is 18.2. The van der Waals surface area contributed by atoms with Crippen molar-refractivity contribution in [2.75, 3.05) is 0 Å². The first-order valence-corrected chi connectivity index (χ1v) is 6.61. The fraction of sp³-hybridized carbons (Fsp3) is 0.0909. The van der Waals surface area contributed by atoms with E-state index in [1.807, 2.05) is 0 Å².